The highest BCUT2D eigenvalue weighted by Crippen LogP contribution is 2.12. The zero-order valence-corrected chi connectivity index (χ0v) is 11.2. The molecule has 2 rings (SSSR count). The number of hydrogen-bond donors (Lipinski definition) is 4. The molecule has 1 heterocycles. The third-order valence-electron chi connectivity index (χ3n) is 3.30. The van der Waals surface area contributed by atoms with Crippen LogP contribution in [-0.4, -0.2) is 40.1 Å². The minimum Gasteiger partial charge on any atom is -0.508 e. The number of nitrogens with one attached hydrogen (secondary N) is 2. The highest BCUT2D eigenvalue weighted by atomic mass is 16.4. The van der Waals surface area contributed by atoms with Gasteiger partial charge in [0.2, 0.25) is 11.8 Å². The number of rotatable bonds is 5. The van der Waals surface area contributed by atoms with Gasteiger partial charge in [0.25, 0.3) is 0 Å². The number of benzene rings is 1. The fraction of sp³-hybridized carbons (Fsp3) is 0.357. The van der Waals surface area contributed by atoms with Crippen LogP contribution in [-0.2, 0) is 20.8 Å². The molecule has 0 spiro atoms. The quantitative estimate of drug-likeness (QED) is 0.599. The summed E-state index contributed by atoms with van der Waals surface area (Å²) in [6.07, 6.45) is 0.742. The van der Waals surface area contributed by atoms with Gasteiger partial charge in [0.15, 0.2) is 0 Å². The Labute approximate surface area is 121 Å². The van der Waals surface area contributed by atoms with Gasteiger partial charge in [0, 0.05) is 12.8 Å². The number of carbonyl (C=O) groups is 3. The van der Waals surface area contributed by atoms with Crippen LogP contribution >= 0.6 is 0 Å². The SMILES string of the molecule is O=C1CC[C@H](C(=O)N[C@H](Cc2ccc(O)cc2)C(=O)O)N1. The lowest BCUT2D eigenvalue weighted by molar-refractivity contribution is -0.142. The average Bonchev–Trinajstić information content (AvgIpc) is 2.87. The molecule has 7 nitrogen and oxygen atoms in total. The fourth-order valence-electron chi connectivity index (χ4n) is 2.15. The number of aliphatic carboxylic acids is 1. The van der Waals surface area contributed by atoms with Gasteiger partial charge in [-0.05, 0) is 24.1 Å². The molecule has 4 N–H and O–H groups in total. The van der Waals surface area contributed by atoms with Crippen LogP contribution in [0.5, 0.6) is 5.75 Å². The van der Waals surface area contributed by atoms with Crippen LogP contribution in [0.3, 0.4) is 0 Å². The largest absolute Gasteiger partial charge is 0.508 e. The van der Waals surface area contributed by atoms with Crippen molar-refractivity contribution in [3.8, 4) is 5.75 Å². The number of carboxylic acid groups (broad SMARTS) is 1. The first-order valence-electron chi connectivity index (χ1n) is 6.56. The highest BCUT2D eigenvalue weighted by Gasteiger charge is 2.30. The van der Waals surface area contributed by atoms with E-state index in [1.807, 2.05) is 0 Å². The molecular formula is C14H16N2O5. The average molecular weight is 292 g/mol. The summed E-state index contributed by atoms with van der Waals surface area (Å²) in [5.74, 6) is -1.77. The Morgan fingerprint density at radius 3 is 2.52 bits per heavy atom. The first-order valence-corrected chi connectivity index (χ1v) is 6.56. The Morgan fingerprint density at radius 1 is 1.33 bits per heavy atom. The van der Waals surface area contributed by atoms with Crippen molar-refractivity contribution in [2.75, 3.05) is 0 Å². The van der Waals surface area contributed by atoms with Crippen LogP contribution in [0.25, 0.3) is 0 Å². The van der Waals surface area contributed by atoms with Crippen molar-refractivity contribution in [1.82, 2.24) is 10.6 Å². The van der Waals surface area contributed by atoms with Gasteiger partial charge in [-0.3, -0.25) is 9.59 Å². The number of phenolic OH excluding ortho intramolecular Hbond substituents is 1. The second kappa shape index (κ2) is 6.25. The van der Waals surface area contributed by atoms with Crippen LogP contribution in [0.1, 0.15) is 18.4 Å². The van der Waals surface area contributed by atoms with Crippen LogP contribution in [0.15, 0.2) is 24.3 Å². The number of carbonyl (C=O) groups excluding carboxylic acids is 2. The fourth-order valence-corrected chi connectivity index (χ4v) is 2.15. The van der Waals surface area contributed by atoms with Gasteiger partial charge in [0.05, 0.1) is 0 Å². The first kappa shape index (κ1) is 14.8. The molecular weight excluding hydrogens is 276 g/mol. The van der Waals surface area contributed by atoms with Crippen molar-refractivity contribution in [2.24, 2.45) is 0 Å². The Hall–Kier alpha value is -2.57. The topological polar surface area (TPSA) is 116 Å². The van der Waals surface area contributed by atoms with Crippen molar-refractivity contribution < 1.29 is 24.6 Å². The summed E-state index contributed by atoms with van der Waals surface area (Å²) in [5.41, 5.74) is 0.677. The van der Waals surface area contributed by atoms with Gasteiger partial charge in [0.1, 0.15) is 17.8 Å². The van der Waals surface area contributed by atoms with Crippen molar-refractivity contribution in [3.05, 3.63) is 29.8 Å². The highest BCUT2D eigenvalue weighted by molar-refractivity contribution is 5.92. The predicted octanol–water partition coefficient (Wildman–Crippen LogP) is -0.217. The Kier molecular flexibility index (Phi) is 4.42. The maximum atomic E-state index is 11.9. The number of hydrogen-bond acceptors (Lipinski definition) is 4. The van der Waals surface area contributed by atoms with E-state index in [9.17, 15) is 24.6 Å². The molecule has 1 fully saturated rings. The maximum absolute atomic E-state index is 11.9. The Bertz CT molecular complexity index is 555. The molecule has 0 aromatic heterocycles. The smallest absolute Gasteiger partial charge is 0.326 e. The van der Waals surface area contributed by atoms with E-state index in [0.717, 1.165) is 0 Å². The minimum atomic E-state index is -1.15. The van der Waals surface area contributed by atoms with Gasteiger partial charge in [-0.1, -0.05) is 12.1 Å². The van der Waals surface area contributed by atoms with Crippen molar-refractivity contribution >= 4 is 17.8 Å². The molecule has 0 bridgehead atoms. The molecule has 21 heavy (non-hydrogen) atoms. The second-order valence-electron chi connectivity index (χ2n) is 4.93. The van der Waals surface area contributed by atoms with Crippen molar-refractivity contribution in [2.45, 2.75) is 31.3 Å². The van der Waals surface area contributed by atoms with Gasteiger partial charge in [-0.25, -0.2) is 4.79 Å². The van der Waals surface area contributed by atoms with E-state index in [2.05, 4.69) is 10.6 Å². The van der Waals surface area contributed by atoms with Crippen LogP contribution in [0, 0.1) is 0 Å². The Balaban J connectivity index is 1.99. The van der Waals surface area contributed by atoms with Gasteiger partial charge >= 0.3 is 5.97 Å². The van der Waals surface area contributed by atoms with Crippen LogP contribution in [0.4, 0.5) is 0 Å². The maximum Gasteiger partial charge on any atom is 0.326 e. The summed E-state index contributed by atoms with van der Waals surface area (Å²) < 4.78 is 0. The van der Waals surface area contributed by atoms with Crippen LogP contribution < -0.4 is 10.6 Å². The molecule has 2 atom stereocenters. The molecule has 0 radical (unpaired) electrons. The summed E-state index contributed by atoms with van der Waals surface area (Å²) in [5, 5.41) is 23.3. The molecule has 1 aromatic carbocycles. The number of aromatic hydroxyl groups is 1. The molecule has 2 amide bonds. The van der Waals surface area contributed by atoms with E-state index in [1.54, 1.807) is 12.1 Å². The molecule has 7 heteroatoms. The summed E-state index contributed by atoms with van der Waals surface area (Å²) in [7, 11) is 0. The lowest BCUT2D eigenvalue weighted by Gasteiger charge is -2.17. The molecule has 0 aliphatic carbocycles. The van der Waals surface area contributed by atoms with E-state index in [1.165, 1.54) is 12.1 Å². The first-order chi connectivity index (χ1) is 9.95. The zero-order chi connectivity index (χ0) is 15.4. The van der Waals surface area contributed by atoms with E-state index < -0.39 is 24.0 Å². The lowest BCUT2D eigenvalue weighted by atomic mass is 10.1. The van der Waals surface area contributed by atoms with E-state index in [0.29, 0.717) is 12.0 Å². The van der Waals surface area contributed by atoms with Gasteiger partial charge in [-0.2, -0.15) is 0 Å². The summed E-state index contributed by atoms with van der Waals surface area (Å²) in [4.78, 5) is 34.2. The molecule has 112 valence electrons. The normalized spacial score (nSPS) is 18.9. The summed E-state index contributed by atoms with van der Waals surface area (Å²) in [6, 6.07) is 4.34. The molecule has 1 aromatic rings. The van der Waals surface area contributed by atoms with Gasteiger partial charge < -0.3 is 20.8 Å². The number of phenols is 1. The van der Waals surface area contributed by atoms with E-state index >= 15 is 0 Å². The van der Waals surface area contributed by atoms with Gasteiger partial charge in [-0.15, -0.1) is 0 Å². The molecule has 1 aliphatic rings. The monoisotopic (exact) mass is 292 g/mol. The standard InChI is InChI=1S/C14H16N2O5/c17-9-3-1-8(2-4-9)7-11(14(20)21)16-13(19)10-5-6-12(18)15-10/h1-4,10-11,17H,5-7H2,(H,15,18)(H,16,19)(H,20,21)/t10-,11-/m1/s1. The zero-order valence-electron chi connectivity index (χ0n) is 11.2. The Morgan fingerprint density at radius 2 is 2.00 bits per heavy atom. The molecule has 0 saturated carbocycles. The lowest BCUT2D eigenvalue weighted by Crippen LogP contribution is -2.49. The predicted molar refractivity (Wildman–Crippen MR) is 72.5 cm³/mol. The van der Waals surface area contributed by atoms with E-state index in [-0.39, 0.29) is 24.5 Å². The van der Waals surface area contributed by atoms with Crippen molar-refractivity contribution in [3.63, 3.8) is 0 Å². The number of amides is 2. The summed E-state index contributed by atoms with van der Waals surface area (Å²) >= 11 is 0. The van der Waals surface area contributed by atoms with Crippen LogP contribution in [0.2, 0.25) is 0 Å². The minimum absolute atomic E-state index is 0.0864. The number of carboxylic acids is 1. The molecule has 0 unspecified atom stereocenters. The van der Waals surface area contributed by atoms with Crippen molar-refractivity contribution in [1.29, 1.82) is 0 Å². The third-order valence-corrected chi connectivity index (χ3v) is 3.30. The summed E-state index contributed by atoms with van der Waals surface area (Å²) in [6.45, 7) is 0. The molecule has 1 saturated heterocycles. The second-order valence-corrected chi connectivity index (χ2v) is 4.93. The third kappa shape index (κ3) is 3.95. The van der Waals surface area contributed by atoms with E-state index in [4.69, 9.17) is 0 Å². The molecule has 1 aliphatic heterocycles.